The first-order valence-electron chi connectivity index (χ1n) is 16.0. The van der Waals surface area contributed by atoms with Gasteiger partial charge in [0.1, 0.15) is 29.0 Å². The number of rotatable bonds is 9. The number of amides is 2. The zero-order chi connectivity index (χ0) is 42.0. The molecule has 58 heavy (non-hydrogen) atoms. The van der Waals surface area contributed by atoms with Crippen LogP contribution in [0.3, 0.4) is 0 Å². The van der Waals surface area contributed by atoms with Gasteiger partial charge in [-0.25, -0.2) is 9.97 Å². The summed E-state index contributed by atoms with van der Waals surface area (Å²) >= 11 is 5.72. The molecule has 0 fully saturated rings. The Morgan fingerprint density at radius 1 is 0.707 bits per heavy atom. The zero-order valence-corrected chi connectivity index (χ0v) is 32.2. The highest BCUT2D eigenvalue weighted by atomic mass is 79.9. The fourth-order valence-electron chi connectivity index (χ4n) is 4.66. The van der Waals surface area contributed by atoms with Crippen LogP contribution in [0.1, 0.15) is 11.1 Å². The highest BCUT2D eigenvalue weighted by Crippen LogP contribution is 2.33. The number of nitrogens with zero attached hydrogens (tertiary/aromatic N) is 4. The number of thiazole rings is 2. The molecule has 6 rings (SSSR count). The lowest BCUT2D eigenvalue weighted by atomic mass is 10.1. The largest absolute Gasteiger partial charge is 0.573 e. The number of nitriles is 2. The number of aromatic nitrogens is 2. The highest BCUT2D eigenvalue weighted by molar-refractivity contribution is 9.10. The molecular weight excluding hydrogens is 865 g/mol. The average molecular weight is 890 g/mol. The van der Waals surface area contributed by atoms with E-state index in [0.29, 0.717) is 33.2 Å². The van der Waals surface area contributed by atoms with Crippen molar-refractivity contribution in [2.45, 2.75) is 6.36 Å². The Balaban J connectivity index is 0.000000223. The van der Waals surface area contributed by atoms with E-state index >= 15 is 0 Å². The summed E-state index contributed by atoms with van der Waals surface area (Å²) in [6.45, 7) is 0. The molecule has 19 heteroatoms. The monoisotopic (exact) mass is 888 g/mol. The Bertz CT molecular complexity index is 2650. The second kappa shape index (κ2) is 18.6. The maximum atomic E-state index is 12.4. The fourth-order valence-corrected chi connectivity index (χ4v) is 6.57. The topological polar surface area (TPSA) is 222 Å². The van der Waals surface area contributed by atoms with Crippen molar-refractivity contribution in [3.8, 4) is 63.4 Å². The number of hydrogen-bond donors (Lipinski definition) is 6. The second-order valence-electron chi connectivity index (χ2n) is 11.4. The summed E-state index contributed by atoms with van der Waals surface area (Å²) in [5.41, 5.74) is 2.51. The summed E-state index contributed by atoms with van der Waals surface area (Å²) in [6, 6.07) is 24.2. The minimum atomic E-state index is -4.83. The molecule has 0 bridgehead atoms. The maximum Gasteiger partial charge on any atom is 0.573 e. The van der Waals surface area contributed by atoms with Crippen molar-refractivity contribution in [1.82, 2.24) is 9.97 Å². The lowest BCUT2D eigenvalue weighted by Crippen LogP contribution is -2.17. The molecule has 0 saturated heterocycles. The van der Waals surface area contributed by atoms with Crippen LogP contribution < -0.4 is 15.4 Å². The molecule has 2 amide bonds. The molecule has 0 unspecified atom stereocenters. The Morgan fingerprint density at radius 2 is 1.22 bits per heavy atom. The average Bonchev–Trinajstić information content (AvgIpc) is 3.85. The van der Waals surface area contributed by atoms with Crippen LogP contribution >= 0.6 is 38.6 Å². The summed E-state index contributed by atoms with van der Waals surface area (Å²) in [5, 5.41) is 65.1. The number of halogens is 4. The van der Waals surface area contributed by atoms with Gasteiger partial charge in [-0.2, -0.15) is 10.5 Å². The minimum absolute atomic E-state index is 0.122. The third kappa shape index (κ3) is 11.4. The molecule has 0 radical (unpaired) electrons. The van der Waals surface area contributed by atoms with Crippen molar-refractivity contribution in [2.75, 3.05) is 10.6 Å². The van der Waals surface area contributed by atoms with Gasteiger partial charge >= 0.3 is 6.36 Å². The number of phenols is 4. The zero-order valence-electron chi connectivity index (χ0n) is 29.0. The van der Waals surface area contributed by atoms with E-state index in [1.807, 2.05) is 35.7 Å². The molecule has 0 aliphatic carbocycles. The molecule has 13 nitrogen and oxygen atoms in total. The van der Waals surface area contributed by atoms with E-state index in [9.17, 15) is 53.7 Å². The van der Waals surface area contributed by atoms with Gasteiger partial charge < -0.3 is 25.2 Å². The van der Waals surface area contributed by atoms with Gasteiger partial charge in [-0.3, -0.25) is 20.2 Å². The molecule has 6 N–H and O–H groups in total. The molecule has 0 atom stereocenters. The van der Waals surface area contributed by atoms with Gasteiger partial charge in [-0.15, -0.1) is 35.8 Å². The highest BCUT2D eigenvalue weighted by Gasteiger charge is 2.31. The van der Waals surface area contributed by atoms with Crippen LogP contribution in [0.15, 0.2) is 111 Å². The summed E-state index contributed by atoms with van der Waals surface area (Å²) in [7, 11) is 0. The first-order valence-corrected chi connectivity index (χ1v) is 18.6. The number of alkyl halides is 3. The third-order valence-electron chi connectivity index (χ3n) is 7.31. The van der Waals surface area contributed by atoms with Crippen LogP contribution in [0.4, 0.5) is 23.4 Å². The lowest BCUT2D eigenvalue weighted by molar-refractivity contribution is -0.274. The van der Waals surface area contributed by atoms with Crippen LogP contribution in [0.25, 0.3) is 34.7 Å². The number of carbonyl (C=O) groups excluding carboxylic acids is 2. The first kappa shape index (κ1) is 42.0. The predicted molar refractivity (Wildman–Crippen MR) is 213 cm³/mol. The Labute approximate surface area is 342 Å². The van der Waals surface area contributed by atoms with Crippen molar-refractivity contribution < 1.29 is 47.9 Å². The van der Waals surface area contributed by atoms with E-state index in [1.54, 1.807) is 6.07 Å². The van der Waals surface area contributed by atoms with Gasteiger partial charge in [-0.05, 0) is 65.7 Å². The van der Waals surface area contributed by atoms with Gasteiger partial charge in [0.05, 0.1) is 11.4 Å². The van der Waals surface area contributed by atoms with E-state index in [-0.39, 0.29) is 33.5 Å². The van der Waals surface area contributed by atoms with Gasteiger partial charge in [0.2, 0.25) is 0 Å². The van der Waals surface area contributed by atoms with E-state index in [0.717, 1.165) is 33.5 Å². The normalized spacial score (nSPS) is 11.3. The van der Waals surface area contributed by atoms with E-state index in [4.69, 9.17) is 0 Å². The van der Waals surface area contributed by atoms with Crippen LogP contribution in [0, 0.1) is 22.7 Å². The Hall–Kier alpha value is -7.19. The number of carbonyl (C=O) groups is 2. The molecular formula is C39H24BrF3N6O7S2. The summed E-state index contributed by atoms with van der Waals surface area (Å²) in [5.74, 6) is -3.16. The number of anilines is 2. The summed E-state index contributed by atoms with van der Waals surface area (Å²) in [6.07, 6.45) is -2.30. The smallest absolute Gasteiger partial charge is 0.504 e. The number of hydrogen-bond acceptors (Lipinski definition) is 13. The molecule has 6 aromatic rings. The number of phenolic OH excluding ortho intramolecular Hbond substituents is 4. The quantitative estimate of drug-likeness (QED) is 0.0456. The van der Waals surface area contributed by atoms with Crippen molar-refractivity contribution >= 4 is 72.8 Å². The van der Waals surface area contributed by atoms with E-state index in [1.165, 1.54) is 77.4 Å². The molecule has 2 aromatic heterocycles. The first-order chi connectivity index (χ1) is 27.6. The fraction of sp³-hybridized carbons (Fsp3) is 0.0256. The standard InChI is InChI=1S/C20H12F3N3O4S.C19H12BrN3O3S/c21-20(22,23)30-14-3-1-2-12(8-14)15-10-31-19(25-15)26-18(29)13(9-24)6-11-4-5-16(27)17(28)7-11;20-14-4-2-1-3-13(14)15-10-27-19(22-15)23-18(26)12(9-21)7-11-5-6-16(24)17(25)8-11/h1-8,10,27-28H,(H,25,26,29);1-8,10,24-25H,(H,22,23,26)/b13-6+;12-7+. The maximum absolute atomic E-state index is 12.4. The van der Waals surface area contributed by atoms with Crippen LogP contribution in [-0.2, 0) is 9.59 Å². The molecule has 0 aliphatic rings. The summed E-state index contributed by atoms with van der Waals surface area (Å²) < 4.78 is 41.9. The number of aromatic hydroxyl groups is 4. The number of benzene rings is 4. The van der Waals surface area contributed by atoms with Crippen molar-refractivity contribution in [1.29, 1.82) is 10.5 Å². The predicted octanol–water partition coefficient (Wildman–Crippen LogP) is 9.20. The Kier molecular flexibility index (Phi) is 13.5. The third-order valence-corrected chi connectivity index (χ3v) is 9.52. The van der Waals surface area contributed by atoms with Gasteiger partial charge in [0.25, 0.3) is 11.8 Å². The van der Waals surface area contributed by atoms with E-state index in [2.05, 4.69) is 41.3 Å². The number of nitrogens with one attached hydrogen (secondary N) is 2. The van der Waals surface area contributed by atoms with Crippen LogP contribution in [0.5, 0.6) is 28.7 Å². The van der Waals surface area contributed by atoms with Gasteiger partial charge in [-0.1, -0.05) is 58.4 Å². The lowest BCUT2D eigenvalue weighted by Gasteiger charge is -2.09. The van der Waals surface area contributed by atoms with Crippen molar-refractivity contribution in [3.63, 3.8) is 0 Å². The molecule has 292 valence electrons. The van der Waals surface area contributed by atoms with Gasteiger partial charge in [0.15, 0.2) is 33.3 Å². The van der Waals surface area contributed by atoms with Crippen molar-refractivity contribution in [3.05, 3.63) is 122 Å². The second-order valence-corrected chi connectivity index (χ2v) is 13.9. The molecule has 0 aliphatic heterocycles. The van der Waals surface area contributed by atoms with E-state index < -0.39 is 29.7 Å². The molecule has 0 spiro atoms. The minimum Gasteiger partial charge on any atom is -0.504 e. The van der Waals surface area contributed by atoms with Gasteiger partial charge in [0, 0.05) is 26.4 Å². The molecule has 0 saturated carbocycles. The summed E-state index contributed by atoms with van der Waals surface area (Å²) in [4.78, 5) is 33.2. The number of ether oxygens (including phenoxy) is 1. The molecule has 4 aromatic carbocycles. The van der Waals surface area contributed by atoms with Crippen LogP contribution in [0.2, 0.25) is 0 Å². The Morgan fingerprint density at radius 3 is 1.72 bits per heavy atom. The molecule has 2 heterocycles. The SMILES string of the molecule is N#C/C(=C\c1ccc(O)c(O)c1)C(=O)Nc1nc(-c2cccc(OC(F)(F)F)c2)cs1.N#C/C(=C\c1ccc(O)c(O)c1)C(=O)Nc1nc(-c2ccccc2Br)cs1. The van der Waals surface area contributed by atoms with Crippen molar-refractivity contribution in [2.24, 2.45) is 0 Å². The van der Waals surface area contributed by atoms with Crippen LogP contribution in [-0.4, -0.2) is 48.6 Å².